The molecule has 4 nitrogen and oxygen atoms in total. The van der Waals surface area contributed by atoms with Crippen LogP contribution < -0.4 is 4.74 Å². The van der Waals surface area contributed by atoms with Crippen molar-refractivity contribution in [1.82, 2.24) is 4.31 Å². The van der Waals surface area contributed by atoms with Gasteiger partial charge in [-0.15, -0.1) is 0 Å². The molecule has 0 spiro atoms. The Kier molecular flexibility index (Phi) is 5.19. The first kappa shape index (κ1) is 18.4. The van der Waals surface area contributed by atoms with Gasteiger partial charge in [0, 0.05) is 24.6 Å². The molecule has 2 aliphatic rings. The van der Waals surface area contributed by atoms with Gasteiger partial charge in [0.15, 0.2) is 0 Å². The first-order valence-electron chi connectivity index (χ1n) is 9.50. The summed E-state index contributed by atoms with van der Waals surface area (Å²) in [6.07, 6.45) is 4.06. The van der Waals surface area contributed by atoms with Crippen LogP contribution in [0.2, 0.25) is 0 Å². The zero-order valence-electron chi connectivity index (χ0n) is 15.2. The molecule has 1 heterocycles. The molecular formula is C21H24FNO3S. The van der Waals surface area contributed by atoms with Crippen LogP contribution in [0.4, 0.5) is 4.39 Å². The van der Waals surface area contributed by atoms with Crippen LogP contribution >= 0.6 is 0 Å². The van der Waals surface area contributed by atoms with Crippen LogP contribution in [0.15, 0.2) is 42.5 Å². The van der Waals surface area contributed by atoms with E-state index in [4.69, 9.17) is 4.74 Å². The van der Waals surface area contributed by atoms with E-state index < -0.39 is 10.0 Å². The first-order chi connectivity index (χ1) is 13.0. The van der Waals surface area contributed by atoms with E-state index in [0.29, 0.717) is 18.6 Å². The van der Waals surface area contributed by atoms with E-state index in [1.807, 2.05) is 18.2 Å². The minimum atomic E-state index is -3.47. The molecule has 2 aromatic rings. The van der Waals surface area contributed by atoms with E-state index in [-0.39, 0.29) is 24.2 Å². The second-order valence-electron chi connectivity index (χ2n) is 7.33. The zero-order chi connectivity index (χ0) is 18.9. The van der Waals surface area contributed by atoms with Gasteiger partial charge >= 0.3 is 0 Å². The summed E-state index contributed by atoms with van der Waals surface area (Å²) in [5.41, 5.74) is 2.58. The summed E-state index contributed by atoms with van der Waals surface area (Å²) in [4.78, 5) is 0. The molecule has 0 radical (unpaired) electrons. The lowest BCUT2D eigenvalue weighted by atomic mass is 9.93. The molecule has 0 aromatic heterocycles. The standard InChI is InChI=1S/C21H24FNO3S/c22-20-7-2-1-4-18(20)15-23(19-5-3-6-19)27(24,25)13-11-16-8-9-21-17(14-16)10-12-26-21/h1-2,4,7-9,14,19H,3,5-6,10-13,15H2. The highest BCUT2D eigenvalue weighted by Crippen LogP contribution is 2.30. The van der Waals surface area contributed by atoms with E-state index in [1.54, 1.807) is 18.2 Å². The van der Waals surface area contributed by atoms with Gasteiger partial charge in [-0.3, -0.25) is 0 Å². The molecule has 1 aliphatic carbocycles. The average molecular weight is 389 g/mol. The number of hydrogen-bond acceptors (Lipinski definition) is 3. The molecular weight excluding hydrogens is 365 g/mol. The van der Waals surface area contributed by atoms with Crippen molar-refractivity contribution in [3.8, 4) is 5.75 Å². The van der Waals surface area contributed by atoms with E-state index in [0.717, 1.165) is 42.6 Å². The second kappa shape index (κ2) is 7.60. The van der Waals surface area contributed by atoms with Crippen molar-refractivity contribution < 1.29 is 17.5 Å². The Morgan fingerprint density at radius 2 is 1.96 bits per heavy atom. The molecule has 1 aliphatic heterocycles. The number of benzene rings is 2. The lowest BCUT2D eigenvalue weighted by Crippen LogP contribution is -2.45. The fraction of sp³-hybridized carbons (Fsp3) is 0.429. The van der Waals surface area contributed by atoms with E-state index in [9.17, 15) is 12.8 Å². The molecule has 0 bridgehead atoms. The fourth-order valence-electron chi connectivity index (χ4n) is 3.68. The van der Waals surface area contributed by atoms with Gasteiger partial charge in [-0.25, -0.2) is 12.8 Å². The maximum atomic E-state index is 14.1. The zero-order valence-corrected chi connectivity index (χ0v) is 16.1. The number of rotatable bonds is 7. The summed E-state index contributed by atoms with van der Waals surface area (Å²) >= 11 is 0. The van der Waals surface area contributed by atoms with E-state index in [1.165, 1.54) is 10.4 Å². The Labute approximate surface area is 160 Å². The van der Waals surface area contributed by atoms with Crippen molar-refractivity contribution in [3.05, 3.63) is 65.0 Å². The van der Waals surface area contributed by atoms with Crippen molar-refractivity contribution in [1.29, 1.82) is 0 Å². The smallest absolute Gasteiger partial charge is 0.214 e. The summed E-state index contributed by atoms with van der Waals surface area (Å²) in [5, 5.41) is 0. The molecule has 0 unspecified atom stereocenters. The lowest BCUT2D eigenvalue weighted by molar-refractivity contribution is 0.212. The summed E-state index contributed by atoms with van der Waals surface area (Å²) in [6, 6.07) is 12.3. The monoisotopic (exact) mass is 389 g/mol. The summed E-state index contributed by atoms with van der Waals surface area (Å²) in [7, 11) is -3.47. The third kappa shape index (κ3) is 4.01. The molecule has 144 valence electrons. The van der Waals surface area contributed by atoms with Gasteiger partial charge in [0.05, 0.1) is 12.4 Å². The molecule has 1 fully saturated rings. The molecule has 6 heteroatoms. The van der Waals surface area contributed by atoms with Crippen LogP contribution in [0, 0.1) is 5.82 Å². The Balaban J connectivity index is 1.49. The molecule has 4 rings (SSSR count). The minimum Gasteiger partial charge on any atom is -0.493 e. The Morgan fingerprint density at radius 1 is 1.15 bits per heavy atom. The second-order valence-corrected chi connectivity index (χ2v) is 9.37. The number of ether oxygens (including phenoxy) is 1. The van der Waals surface area contributed by atoms with Gasteiger partial charge in [0.25, 0.3) is 0 Å². The normalized spacial score (nSPS) is 16.8. The van der Waals surface area contributed by atoms with E-state index in [2.05, 4.69) is 0 Å². The third-order valence-electron chi connectivity index (χ3n) is 5.53. The highest BCUT2D eigenvalue weighted by Gasteiger charge is 2.34. The van der Waals surface area contributed by atoms with Crippen LogP contribution in [-0.4, -0.2) is 31.1 Å². The summed E-state index contributed by atoms with van der Waals surface area (Å²) in [5.74, 6) is 0.588. The summed E-state index contributed by atoms with van der Waals surface area (Å²) < 4.78 is 47.2. The fourth-order valence-corrected chi connectivity index (χ4v) is 5.41. The predicted octanol–water partition coefficient (Wildman–Crippen LogP) is 3.69. The van der Waals surface area contributed by atoms with Crippen LogP contribution in [0.25, 0.3) is 0 Å². The largest absolute Gasteiger partial charge is 0.493 e. The topological polar surface area (TPSA) is 46.6 Å². The maximum Gasteiger partial charge on any atom is 0.214 e. The Hall–Kier alpha value is -1.92. The van der Waals surface area contributed by atoms with Gasteiger partial charge in [-0.05, 0) is 42.5 Å². The van der Waals surface area contributed by atoms with Crippen LogP contribution in [0.1, 0.15) is 36.0 Å². The van der Waals surface area contributed by atoms with Crippen molar-refractivity contribution in [2.75, 3.05) is 12.4 Å². The molecule has 1 saturated carbocycles. The van der Waals surface area contributed by atoms with Gasteiger partial charge < -0.3 is 4.74 Å². The molecule has 2 aromatic carbocycles. The van der Waals surface area contributed by atoms with Crippen LogP contribution in [0.5, 0.6) is 5.75 Å². The van der Waals surface area contributed by atoms with E-state index >= 15 is 0 Å². The van der Waals surface area contributed by atoms with Gasteiger partial charge in [0.2, 0.25) is 10.0 Å². The molecule has 0 atom stereocenters. The minimum absolute atomic E-state index is 0.0111. The SMILES string of the molecule is O=S(=O)(CCc1ccc2c(c1)CCO2)N(Cc1ccccc1F)C1CCC1. The maximum absolute atomic E-state index is 14.1. The Bertz CT molecular complexity index is 925. The molecule has 0 saturated heterocycles. The quantitative estimate of drug-likeness (QED) is 0.726. The summed E-state index contributed by atoms with van der Waals surface area (Å²) in [6.45, 7) is 0.798. The van der Waals surface area contributed by atoms with Crippen LogP contribution in [0.3, 0.4) is 0 Å². The van der Waals surface area contributed by atoms with Gasteiger partial charge in [-0.2, -0.15) is 4.31 Å². The number of aryl methyl sites for hydroxylation is 1. The van der Waals surface area contributed by atoms with Gasteiger partial charge in [-0.1, -0.05) is 36.8 Å². The first-order valence-corrected chi connectivity index (χ1v) is 11.1. The molecule has 27 heavy (non-hydrogen) atoms. The number of fused-ring (bicyclic) bond motifs is 1. The van der Waals surface area contributed by atoms with Crippen molar-refractivity contribution in [2.24, 2.45) is 0 Å². The number of halogens is 1. The molecule has 0 N–H and O–H groups in total. The van der Waals surface area contributed by atoms with Crippen molar-refractivity contribution >= 4 is 10.0 Å². The highest BCUT2D eigenvalue weighted by atomic mass is 32.2. The average Bonchev–Trinajstić information content (AvgIpc) is 3.07. The number of hydrogen-bond donors (Lipinski definition) is 0. The number of sulfonamides is 1. The van der Waals surface area contributed by atoms with Crippen molar-refractivity contribution in [3.63, 3.8) is 0 Å². The van der Waals surface area contributed by atoms with Crippen LogP contribution in [-0.2, 0) is 29.4 Å². The lowest BCUT2D eigenvalue weighted by Gasteiger charge is -2.36. The predicted molar refractivity (Wildman–Crippen MR) is 103 cm³/mol. The molecule has 0 amide bonds. The third-order valence-corrected chi connectivity index (χ3v) is 7.39. The highest BCUT2D eigenvalue weighted by molar-refractivity contribution is 7.89. The number of nitrogens with zero attached hydrogens (tertiary/aromatic N) is 1. The van der Waals surface area contributed by atoms with Crippen molar-refractivity contribution in [2.45, 2.75) is 44.7 Å². The Morgan fingerprint density at radius 3 is 2.70 bits per heavy atom. The van der Waals surface area contributed by atoms with Gasteiger partial charge in [0.1, 0.15) is 11.6 Å².